The highest BCUT2D eigenvalue weighted by Gasteiger charge is 2.36. The zero-order chi connectivity index (χ0) is 17.9. The summed E-state index contributed by atoms with van der Waals surface area (Å²) in [5.41, 5.74) is 6.77. The number of hydrogen-bond acceptors (Lipinski definition) is 7. The van der Waals surface area contributed by atoms with Crippen LogP contribution in [-0.2, 0) is 14.3 Å². The zero-order valence-electron chi connectivity index (χ0n) is 13.9. The van der Waals surface area contributed by atoms with Crippen molar-refractivity contribution >= 4 is 5.97 Å². The molecule has 0 bridgehead atoms. The van der Waals surface area contributed by atoms with E-state index in [9.17, 15) is 10.1 Å². The van der Waals surface area contributed by atoms with Crippen LogP contribution in [0.1, 0.15) is 18.4 Å². The van der Waals surface area contributed by atoms with Crippen LogP contribution in [0.3, 0.4) is 0 Å². The van der Waals surface area contributed by atoms with Gasteiger partial charge in [0.15, 0.2) is 0 Å². The highest BCUT2D eigenvalue weighted by molar-refractivity contribution is 5.92. The fraction of sp³-hybridized carbons (Fsp3) is 0.294. The van der Waals surface area contributed by atoms with Crippen molar-refractivity contribution in [3.05, 3.63) is 46.6 Å². The van der Waals surface area contributed by atoms with E-state index in [-0.39, 0.29) is 22.8 Å². The molecule has 7 heteroatoms. The lowest BCUT2D eigenvalue weighted by Gasteiger charge is -2.27. The zero-order valence-corrected chi connectivity index (χ0v) is 13.9. The van der Waals surface area contributed by atoms with Crippen LogP contribution < -0.4 is 15.2 Å². The van der Waals surface area contributed by atoms with Gasteiger partial charge in [-0.25, -0.2) is 4.79 Å². The minimum atomic E-state index is -0.736. The maximum atomic E-state index is 12.2. The molecule has 7 nitrogen and oxygen atoms in total. The molecule has 0 amide bonds. The summed E-state index contributed by atoms with van der Waals surface area (Å²) in [6.07, 6.45) is 0. The monoisotopic (exact) mass is 330 g/mol. The lowest BCUT2D eigenvalue weighted by atomic mass is 9.83. The van der Waals surface area contributed by atoms with Crippen LogP contribution in [0.5, 0.6) is 11.5 Å². The number of esters is 1. The van der Waals surface area contributed by atoms with Crippen LogP contribution in [-0.4, -0.2) is 27.3 Å². The third-order valence-electron chi connectivity index (χ3n) is 3.72. The molecule has 24 heavy (non-hydrogen) atoms. The molecule has 1 aliphatic heterocycles. The van der Waals surface area contributed by atoms with E-state index in [0.29, 0.717) is 17.1 Å². The Bertz CT molecular complexity index is 751. The topological polar surface area (TPSA) is 104 Å². The number of carbonyl (C=O) groups excluding carboxylic acids is 1. The van der Waals surface area contributed by atoms with Gasteiger partial charge in [-0.3, -0.25) is 0 Å². The second-order valence-corrected chi connectivity index (χ2v) is 5.03. The van der Waals surface area contributed by atoms with Gasteiger partial charge >= 0.3 is 5.97 Å². The molecule has 1 aromatic rings. The Morgan fingerprint density at radius 3 is 2.25 bits per heavy atom. The maximum Gasteiger partial charge on any atom is 0.338 e. The number of ether oxygens (including phenoxy) is 4. The van der Waals surface area contributed by atoms with E-state index in [1.807, 2.05) is 6.07 Å². The molecule has 1 aromatic carbocycles. The molecule has 0 aromatic heterocycles. The number of hydrogen-bond donors (Lipinski definition) is 1. The highest BCUT2D eigenvalue weighted by Crippen LogP contribution is 2.41. The van der Waals surface area contributed by atoms with E-state index >= 15 is 0 Å². The molecule has 0 spiro atoms. The van der Waals surface area contributed by atoms with Crippen molar-refractivity contribution in [1.29, 1.82) is 5.26 Å². The molecule has 1 unspecified atom stereocenters. The average Bonchev–Trinajstić information content (AvgIpc) is 2.59. The molecule has 0 saturated carbocycles. The molecule has 0 aliphatic carbocycles. The molecule has 2 rings (SSSR count). The van der Waals surface area contributed by atoms with E-state index in [1.54, 1.807) is 25.1 Å². The predicted octanol–water partition coefficient (Wildman–Crippen LogP) is 1.96. The molecule has 1 heterocycles. The van der Waals surface area contributed by atoms with Crippen LogP contribution in [0.25, 0.3) is 0 Å². The largest absolute Gasteiger partial charge is 0.497 e. The van der Waals surface area contributed by atoms with Gasteiger partial charge < -0.3 is 24.7 Å². The molecule has 2 N–H and O–H groups in total. The lowest BCUT2D eigenvalue weighted by molar-refractivity contribution is -0.136. The third kappa shape index (κ3) is 2.99. The second kappa shape index (κ2) is 6.96. The van der Waals surface area contributed by atoms with Gasteiger partial charge in [0.05, 0.1) is 32.8 Å². The minimum absolute atomic E-state index is 0.0468. The molecular formula is C17H18N2O5. The van der Waals surface area contributed by atoms with Crippen LogP contribution in [0.2, 0.25) is 0 Å². The Morgan fingerprint density at radius 1 is 1.21 bits per heavy atom. The van der Waals surface area contributed by atoms with Gasteiger partial charge in [-0.05, 0) is 24.6 Å². The van der Waals surface area contributed by atoms with Gasteiger partial charge in [-0.1, -0.05) is 0 Å². The third-order valence-corrected chi connectivity index (χ3v) is 3.72. The van der Waals surface area contributed by atoms with Crippen molar-refractivity contribution in [1.82, 2.24) is 0 Å². The summed E-state index contributed by atoms with van der Waals surface area (Å²) in [5.74, 6) is -0.0542. The maximum absolute atomic E-state index is 12.2. The van der Waals surface area contributed by atoms with Crippen LogP contribution >= 0.6 is 0 Å². The van der Waals surface area contributed by atoms with Crippen molar-refractivity contribution in [2.24, 2.45) is 5.73 Å². The SMILES string of the molecule is COC(=O)C1=C(C)OC(N)=C(C#N)C1c1cc(OC)cc(OC)c1. The standard InChI is InChI=1S/C17H18N2O5/c1-9-14(17(20)23-4)15(13(8-18)16(19)24-9)10-5-11(21-2)7-12(6-10)22-3/h5-7,15H,19H2,1-4H3. The van der Waals surface area contributed by atoms with Crippen molar-refractivity contribution in [2.75, 3.05) is 21.3 Å². The highest BCUT2D eigenvalue weighted by atomic mass is 16.5. The summed E-state index contributed by atoms with van der Waals surface area (Å²) in [7, 11) is 4.29. The van der Waals surface area contributed by atoms with Crippen LogP contribution in [0, 0.1) is 11.3 Å². The number of nitriles is 1. The van der Waals surface area contributed by atoms with E-state index in [2.05, 4.69) is 0 Å². The molecule has 1 atom stereocenters. The first-order chi connectivity index (χ1) is 11.5. The summed E-state index contributed by atoms with van der Waals surface area (Å²) in [6, 6.07) is 7.12. The first-order valence-corrected chi connectivity index (χ1v) is 7.06. The lowest BCUT2D eigenvalue weighted by Crippen LogP contribution is -2.25. The first-order valence-electron chi connectivity index (χ1n) is 7.06. The Balaban J connectivity index is 2.71. The van der Waals surface area contributed by atoms with E-state index in [0.717, 1.165) is 0 Å². The van der Waals surface area contributed by atoms with Gasteiger partial charge in [-0.2, -0.15) is 5.26 Å². The normalized spacial score (nSPS) is 17.0. The second-order valence-electron chi connectivity index (χ2n) is 5.03. The molecule has 1 aliphatic rings. The summed E-state index contributed by atoms with van der Waals surface area (Å²) >= 11 is 0. The van der Waals surface area contributed by atoms with E-state index in [4.69, 9.17) is 24.7 Å². The number of rotatable bonds is 4. The Labute approximate surface area is 139 Å². The van der Waals surface area contributed by atoms with Crippen LogP contribution in [0.15, 0.2) is 41.0 Å². The van der Waals surface area contributed by atoms with Crippen molar-refractivity contribution in [3.63, 3.8) is 0 Å². The van der Waals surface area contributed by atoms with Gasteiger partial charge in [0.25, 0.3) is 0 Å². The summed E-state index contributed by atoms with van der Waals surface area (Å²) in [5, 5.41) is 9.50. The Morgan fingerprint density at radius 2 is 1.79 bits per heavy atom. The number of carbonyl (C=O) groups is 1. The minimum Gasteiger partial charge on any atom is -0.497 e. The predicted molar refractivity (Wildman–Crippen MR) is 84.9 cm³/mol. The number of allylic oxidation sites excluding steroid dienone is 2. The van der Waals surface area contributed by atoms with E-state index in [1.165, 1.54) is 21.3 Å². The van der Waals surface area contributed by atoms with Crippen LogP contribution in [0.4, 0.5) is 0 Å². The van der Waals surface area contributed by atoms with Crippen molar-refractivity contribution in [3.8, 4) is 17.6 Å². The summed E-state index contributed by atoms with van der Waals surface area (Å²) in [6.45, 7) is 1.59. The smallest absolute Gasteiger partial charge is 0.338 e. The summed E-state index contributed by atoms with van der Waals surface area (Å²) < 4.78 is 20.7. The molecule has 0 saturated heterocycles. The molecule has 126 valence electrons. The molecule has 0 radical (unpaired) electrons. The van der Waals surface area contributed by atoms with Gasteiger partial charge in [0.2, 0.25) is 5.88 Å². The summed E-state index contributed by atoms with van der Waals surface area (Å²) in [4.78, 5) is 12.2. The Kier molecular flexibility index (Phi) is 4.99. The number of benzene rings is 1. The number of nitrogens with two attached hydrogens (primary N) is 1. The van der Waals surface area contributed by atoms with E-state index < -0.39 is 11.9 Å². The first kappa shape index (κ1) is 17.2. The van der Waals surface area contributed by atoms with Crippen molar-refractivity contribution in [2.45, 2.75) is 12.8 Å². The quantitative estimate of drug-likeness (QED) is 0.841. The fourth-order valence-corrected chi connectivity index (χ4v) is 2.59. The molecular weight excluding hydrogens is 312 g/mol. The number of nitrogens with zero attached hydrogens (tertiary/aromatic N) is 1. The Hall–Kier alpha value is -3.14. The number of methoxy groups -OCH3 is 3. The van der Waals surface area contributed by atoms with Gasteiger partial charge in [-0.15, -0.1) is 0 Å². The molecule has 0 fully saturated rings. The van der Waals surface area contributed by atoms with Crippen molar-refractivity contribution < 1.29 is 23.7 Å². The average molecular weight is 330 g/mol. The van der Waals surface area contributed by atoms with Gasteiger partial charge in [0, 0.05) is 6.07 Å². The fourth-order valence-electron chi connectivity index (χ4n) is 2.59. The van der Waals surface area contributed by atoms with Gasteiger partial charge in [0.1, 0.15) is 28.9 Å².